The molecule has 1 heterocycles. The molecule has 5 heteroatoms. The van der Waals surface area contributed by atoms with Gasteiger partial charge in [0.05, 0.1) is 4.90 Å². The molecule has 1 unspecified atom stereocenters. The van der Waals surface area contributed by atoms with Crippen molar-refractivity contribution < 1.29 is 8.42 Å². The molecule has 2 rings (SSSR count). The molecule has 0 N–H and O–H groups in total. The first-order chi connectivity index (χ1) is 9.95. The van der Waals surface area contributed by atoms with Crippen LogP contribution in [0.25, 0.3) is 0 Å². The standard InChI is InChI=1S/C16H24BrNO2S/c1-13(2)15-4-3-10-18(11-9-15)21(19,20)16-7-5-14(12-17)6-8-16/h5-8,13,15H,3-4,9-12H2,1-2H3. The van der Waals surface area contributed by atoms with Gasteiger partial charge in [0.2, 0.25) is 10.0 Å². The summed E-state index contributed by atoms with van der Waals surface area (Å²) >= 11 is 3.38. The van der Waals surface area contributed by atoms with Gasteiger partial charge in [0, 0.05) is 18.4 Å². The van der Waals surface area contributed by atoms with E-state index in [2.05, 4.69) is 29.8 Å². The van der Waals surface area contributed by atoms with Crippen LogP contribution in [0.1, 0.15) is 38.7 Å². The van der Waals surface area contributed by atoms with E-state index in [1.807, 2.05) is 12.1 Å². The summed E-state index contributed by atoms with van der Waals surface area (Å²) in [4.78, 5) is 0.412. The summed E-state index contributed by atoms with van der Waals surface area (Å²) in [6, 6.07) is 7.18. The third kappa shape index (κ3) is 4.08. The minimum atomic E-state index is -3.34. The van der Waals surface area contributed by atoms with Crippen LogP contribution < -0.4 is 0 Å². The van der Waals surface area contributed by atoms with Gasteiger partial charge in [-0.05, 0) is 48.8 Å². The third-order valence-electron chi connectivity index (χ3n) is 4.39. The van der Waals surface area contributed by atoms with E-state index in [1.54, 1.807) is 16.4 Å². The highest BCUT2D eigenvalue weighted by molar-refractivity contribution is 9.08. The Labute approximate surface area is 136 Å². The van der Waals surface area contributed by atoms with Crippen molar-refractivity contribution in [1.82, 2.24) is 4.31 Å². The molecule has 1 aromatic carbocycles. The molecule has 0 amide bonds. The van der Waals surface area contributed by atoms with E-state index < -0.39 is 10.0 Å². The molecular formula is C16H24BrNO2S. The van der Waals surface area contributed by atoms with E-state index in [0.29, 0.717) is 29.8 Å². The third-order valence-corrected chi connectivity index (χ3v) is 6.95. The van der Waals surface area contributed by atoms with Gasteiger partial charge in [-0.15, -0.1) is 0 Å². The SMILES string of the molecule is CC(C)C1CCCN(S(=O)(=O)c2ccc(CBr)cc2)CC1. The number of sulfonamides is 1. The number of rotatable bonds is 4. The zero-order valence-corrected chi connectivity index (χ0v) is 15.2. The van der Waals surface area contributed by atoms with Gasteiger partial charge in [-0.1, -0.05) is 41.9 Å². The summed E-state index contributed by atoms with van der Waals surface area (Å²) in [5.41, 5.74) is 1.09. The van der Waals surface area contributed by atoms with Crippen molar-refractivity contribution in [2.24, 2.45) is 11.8 Å². The summed E-state index contributed by atoms with van der Waals surface area (Å²) in [7, 11) is -3.34. The molecular weight excluding hydrogens is 350 g/mol. The predicted molar refractivity (Wildman–Crippen MR) is 90.0 cm³/mol. The average molecular weight is 374 g/mol. The number of benzene rings is 1. The van der Waals surface area contributed by atoms with Gasteiger partial charge in [0.15, 0.2) is 0 Å². The van der Waals surface area contributed by atoms with Gasteiger partial charge >= 0.3 is 0 Å². The predicted octanol–water partition coefficient (Wildman–Crippen LogP) is 4.03. The first-order valence-corrected chi connectivity index (χ1v) is 10.2. The fraction of sp³-hybridized carbons (Fsp3) is 0.625. The Hall–Kier alpha value is -0.390. The number of alkyl halides is 1. The highest BCUT2D eigenvalue weighted by Gasteiger charge is 2.28. The fourth-order valence-electron chi connectivity index (χ4n) is 2.90. The van der Waals surface area contributed by atoms with Gasteiger partial charge in [0.25, 0.3) is 0 Å². The molecule has 0 radical (unpaired) electrons. The molecule has 1 atom stereocenters. The van der Waals surface area contributed by atoms with Crippen LogP contribution in [0.5, 0.6) is 0 Å². The van der Waals surface area contributed by atoms with Crippen LogP contribution in [0.15, 0.2) is 29.2 Å². The Kier molecular flexibility index (Phi) is 5.86. The van der Waals surface area contributed by atoms with Crippen molar-refractivity contribution in [3.63, 3.8) is 0 Å². The normalized spacial score (nSPS) is 21.4. The molecule has 0 spiro atoms. The van der Waals surface area contributed by atoms with Gasteiger partial charge in [-0.2, -0.15) is 4.31 Å². The van der Waals surface area contributed by atoms with Crippen LogP contribution in [0, 0.1) is 11.8 Å². The minimum Gasteiger partial charge on any atom is -0.207 e. The van der Waals surface area contributed by atoms with Gasteiger partial charge in [-0.25, -0.2) is 8.42 Å². The Bertz CT molecular complexity index is 554. The topological polar surface area (TPSA) is 37.4 Å². The Morgan fingerprint density at radius 1 is 1.19 bits per heavy atom. The summed E-state index contributed by atoms with van der Waals surface area (Å²) in [6.45, 7) is 5.75. The second kappa shape index (κ2) is 7.25. The maximum Gasteiger partial charge on any atom is 0.243 e. The summed E-state index contributed by atoms with van der Waals surface area (Å²) < 4.78 is 27.1. The molecule has 1 fully saturated rings. The molecule has 0 aromatic heterocycles. The lowest BCUT2D eigenvalue weighted by Crippen LogP contribution is -2.32. The quantitative estimate of drug-likeness (QED) is 0.747. The molecule has 3 nitrogen and oxygen atoms in total. The summed E-state index contributed by atoms with van der Waals surface area (Å²) in [5.74, 6) is 1.27. The number of halogens is 1. The second-order valence-electron chi connectivity index (χ2n) is 6.12. The van der Waals surface area contributed by atoms with E-state index in [0.717, 1.165) is 30.2 Å². The molecule has 21 heavy (non-hydrogen) atoms. The first kappa shape index (κ1) is 17.0. The smallest absolute Gasteiger partial charge is 0.207 e. The molecule has 0 bridgehead atoms. The minimum absolute atomic E-state index is 0.412. The van der Waals surface area contributed by atoms with Gasteiger partial charge in [-0.3, -0.25) is 0 Å². The van der Waals surface area contributed by atoms with Crippen LogP contribution in [-0.4, -0.2) is 25.8 Å². The van der Waals surface area contributed by atoms with Crippen molar-refractivity contribution >= 4 is 26.0 Å². The Morgan fingerprint density at radius 2 is 1.86 bits per heavy atom. The second-order valence-corrected chi connectivity index (χ2v) is 8.62. The van der Waals surface area contributed by atoms with E-state index in [9.17, 15) is 8.42 Å². The van der Waals surface area contributed by atoms with Crippen molar-refractivity contribution in [2.45, 2.75) is 43.3 Å². The number of hydrogen-bond donors (Lipinski definition) is 0. The van der Waals surface area contributed by atoms with Crippen molar-refractivity contribution in [1.29, 1.82) is 0 Å². The van der Waals surface area contributed by atoms with Crippen molar-refractivity contribution in [3.05, 3.63) is 29.8 Å². The van der Waals surface area contributed by atoms with Gasteiger partial charge in [0.1, 0.15) is 0 Å². The lowest BCUT2D eigenvalue weighted by atomic mass is 9.89. The zero-order valence-electron chi connectivity index (χ0n) is 12.8. The van der Waals surface area contributed by atoms with Crippen LogP contribution in [0.2, 0.25) is 0 Å². The molecule has 1 aliphatic heterocycles. The van der Waals surface area contributed by atoms with Crippen LogP contribution in [-0.2, 0) is 15.4 Å². The van der Waals surface area contributed by atoms with Crippen molar-refractivity contribution in [3.8, 4) is 0 Å². The average Bonchev–Trinajstić information content (AvgIpc) is 2.73. The fourth-order valence-corrected chi connectivity index (χ4v) is 4.77. The highest BCUT2D eigenvalue weighted by atomic mass is 79.9. The number of hydrogen-bond acceptors (Lipinski definition) is 2. The monoisotopic (exact) mass is 373 g/mol. The molecule has 0 aliphatic carbocycles. The Morgan fingerprint density at radius 3 is 2.43 bits per heavy atom. The van der Waals surface area contributed by atoms with E-state index in [4.69, 9.17) is 0 Å². The van der Waals surface area contributed by atoms with E-state index >= 15 is 0 Å². The number of nitrogens with zero attached hydrogens (tertiary/aromatic N) is 1. The van der Waals surface area contributed by atoms with Crippen LogP contribution >= 0.6 is 15.9 Å². The summed E-state index contributed by atoms with van der Waals surface area (Å²) in [5, 5.41) is 0.743. The largest absolute Gasteiger partial charge is 0.243 e. The molecule has 118 valence electrons. The van der Waals surface area contributed by atoms with Gasteiger partial charge < -0.3 is 0 Å². The summed E-state index contributed by atoms with van der Waals surface area (Å²) in [6.07, 6.45) is 3.06. The van der Waals surface area contributed by atoms with E-state index in [-0.39, 0.29) is 0 Å². The maximum absolute atomic E-state index is 12.7. The van der Waals surface area contributed by atoms with E-state index in [1.165, 1.54) is 0 Å². The Balaban J connectivity index is 2.15. The van der Waals surface area contributed by atoms with Crippen molar-refractivity contribution in [2.75, 3.05) is 13.1 Å². The van der Waals surface area contributed by atoms with Crippen LogP contribution in [0.3, 0.4) is 0 Å². The maximum atomic E-state index is 12.7. The zero-order chi connectivity index (χ0) is 15.5. The highest BCUT2D eigenvalue weighted by Crippen LogP contribution is 2.27. The lowest BCUT2D eigenvalue weighted by molar-refractivity contribution is 0.341. The molecule has 1 aromatic rings. The molecule has 1 aliphatic rings. The first-order valence-electron chi connectivity index (χ1n) is 7.60. The molecule has 0 saturated carbocycles. The van der Waals surface area contributed by atoms with Crippen LogP contribution in [0.4, 0.5) is 0 Å². The lowest BCUT2D eigenvalue weighted by Gasteiger charge is -2.21. The molecule has 1 saturated heterocycles.